The summed E-state index contributed by atoms with van der Waals surface area (Å²) >= 11 is 0. The number of aromatic nitrogens is 2. The highest BCUT2D eigenvalue weighted by atomic mass is 16.5. The molecule has 25 heavy (non-hydrogen) atoms. The van der Waals surface area contributed by atoms with Crippen LogP contribution in [0.5, 0.6) is 0 Å². The number of hydrogen-bond acceptors (Lipinski definition) is 4. The number of benzene rings is 2. The molecule has 0 aliphatic rings. The average molecular weight is 336 g/mol. The molecule has 1 N–H and O–H groups in total. The van der Waals surface area contributed by atoms with E-state index in [-0.39, 0.29) is 17.9 Å². The van der Waals surface area contributed by atoms with Crippen molar-refractivity contribution in [3.05, 3.63) is 87.1 Å². The van der Waals surface area contributed by atoms with Crippen molar-refractivity contribution < 1.29 is 9.53 Å². The Morgan fingerprint density at radius 1 is 1.00 bits per heavy atom. The van der Waals surface area contributed by atoms with Crippen molar-refractivity contribution in [2.75, 3.05) is 6.61 Å². The van der Waals surface area contributed by atoms with E-state index in [1.54, 1.807) is 67.6 Å². The normalized spacial score (nSPS) is 10.4. The fraction of sp³-hybridized carbons (Fsp3) is 0.105. The van der Waals surface area contributed by atoms with Crippen LogP contribution < -0.4 is 11.2 Å². The summed E-state index contributed by atoms with van der Waals surface area (Å²) in [7, 11) is 0. The van der Waals surface area contributed by atoms with E-state index in [4.69, 9.17) is 4.74 Å². The molecule has 0 aliphatic carbocycles. The predicted molar refractivity (Wildman–Crippen MR) is 94.1 cm³/mol. The molecule has 0 amide bonds. The zero-order valence-corrected chi connectivity index (χ0v) is 13.6. The highest BCUT2D eigenvalue weighted by Gasteiger charge is 2.23. The maximum absolute atomic E-state index is 12.9. The van der Waals surface area contributed by atoms with Crippen LogP contribution in [0.4, 0.5) is 0 Å². The molecule has 0 radical (unpaired) electrons. The Labute approximate surface area is 143 Å². The highest BCUT2D eigenvalue weighted by molar-refractivity contribution is 5.95. The lowest BCUT2D eigenvalue weighted by atomic mass is 10.1. The quantitative estimate of drug-likeness (QED) is 0.742. The fourth-order valence-corrected chi connectivity index (χ4v) is 2.56. The first kappa shape index (κ1) is 16.4. The van der Waals surface area contributed by atoms with Crippen LogP contribution >= 0.6 is 0 Å². The van der Waals surface area contributed by atoms with Crippen molar-refractivity contribution in [2.45, 2.75) is 6.92 Å². The average Bonchev–Trinajstić information content (AvgIpc) is 2.63. The SMILES string of the molecule is CCOC(=O)c1c(-c2ccccc2)[nH]c(=O)n(-c2ccccc2)c1=O. The van der Waals surface area contributed by atoms with Crippen LogP contribution in [0.25, 0.3) is 16.9 Å². The lowest BCUT2D eigenvalue weighted by Crippen LogP contribution is -2.38. The van der Waals surface area contributed by atoms with E-state index in [2.05, 4.69) is 4.98 Å². The topological polar surface area (TPSA) is 81.2 Å². The number of carbonyl (C=O) groups excluding carboxylic acids is 1. The molecule has 0 aliphatic heterocycles. The second-order valence-corrected chi connectivity index (χ2v) is 5.24. The molecule has 126 valence electrons. The molecule has 0 bridgehead atoms. The number of esters is 1. The van der Waals surface area contributed by atoms with Crippen LogP contribution in [0.1, 0.15) is 17.3 Å². The first-order valence-corrected chi connectivity index (χ1v) is 7.80. The predicted octanol–water partition coefficient (Wildman–Crippen LogP) is 2.37. The van der Waals surface area contributed by atoms with E-state index in [1.165, 1.54) is 0 Å². The van der Waals surface area contributed by atoms with Gasteiger partial charge in [0, 0.05) is 0 Å². The molecule has 2 aromatic carbocycles. The van der Waals surface area contributed by atoms with E-state index < -0.39 is 17.2 Å². The van der Waals surface area contributed by atoms with Gasteiger partial charge in [0.25, 0.3) is 5.56 Å². The van der Waals surface area contributed by atoms with E-state index in [0.29, 0.717) is 11.3 Å². The van der Waals surface area contributed by atoms with E-state index in [1.807, 2.05) is 0 Å². The highest BCUT2D eigenvalue weighted by Crippen LogP contribution is 2.19. The van der Waals surface area contributed by atoms with Crippen molar-refractivity contribution in [1.82, 2.24) is 9.55 Å². The van der Waals surface area contributed by atoms with Gasteiger partial charge in [-0.2, -0.15) is 0 Å². The summed E-state index contributed by atoms with van der Waals surface area (Å²) in [6.45, 7) is 1.78. The van der Waals surface area contributed by atoms with Gasteiger partial charge in [-0.05, 0) is 24.6 Å². The molecule has 6 nitrogen and oxygen atoms in total. The zero-order chi connectivity index (χ0) is 17.8. The lowest BCUT2D eigenvalue weighted by molar-refractivity contribution is 0.0524. The van der Waals surface area contributed by atoms with Crippen LogP contribution in [0.15, 0.2) is 70.3 Å². The summed E-state index contributed by atoms with van der Waals surface area (Å²) in [5.41, 5.74) is -0.452. The second-order valence-electron chi connectivity index (χ2n) is 5.24. The molecule has 0 atom stereocenters. The first-order chi connectivity index (χ1) is 12.1. The fourth-order valence-electron chi connectivity index (χ4n) is 2.56. The number of hydrogen-bond donors (Lipinski definition) is 1. The Hall–Kier alpha value is -3.41. The van der Waals surface area contributed by atoms with Crippen LogP contribution in [0, 0.1) is 0 Å². The van der Waals surface area contributed by atoms with Gasteiger partial charge in [0.1, 0.15) is 5.56 Å². The van der Waals surface area contributed by atoms with Crippen LogP contribution in [0.2, 0.25) is 0 Å². The van der Waals surface area contributed by atoms with E-state index >= 15 is 0 Å². The lowest BCUT2D eigenvalue weighted by Gasteiger charge is -2.12. The Kier molecular flexibility index (Phi) is 4.61. The molecule has 0 saturated heterocycles. The first-order valence-electron chi connectivity index (χ1n) is 7.80. The minimum atomic E-state index is -0.771. The third-order valence-electron chi connectivity index (χ3n) is 3.66. The van der Waals surface area contributed by atoms with Gasteiger partial charge in [-0.25, -0.2) is 14.2 Å². The van der Waals surface area contributed by atoms with Gasteiger partial charge in [0.05, 0.1) is 18.0 Å². The Bertz CT molecular complexity index is 1010. The number of carbonyl (C=O) groups is 1. The molecule has 0 unspecified atom stereocenters. The molecule has 0 spiro atoms. The molecule has 0 saturated carbocycles. The third-order valence-corrected chi connectivity index (χ3v) is 3.66. The van der Waals surface area contributed by atoms with Crippen molar-refractivity contribution in [3.8, 4) is 16.9 Å². The molecule has 1 heterocycles. The summed E-state index contributed by atoms with van der Waals surface area (Å²) in [6.07, 6.45) is 0. The van der Waals surface area contributed by atoms with Crippen LogP contribution in [0.3, 0.4) is 0 Å². The Morgan fingerprint density at radius 3 is 2.20 bits per heavy atom. The Balaban J connectivity index is 2.33. The summed E-state index contributed by atoms with van der Waals surface area (Å²) in [6, 6.07) is 17.1. The van der Waals surface area contributed by atoms with Gasteiger partial charge in [-0.1, -0.05) is 48.5 Å². The Morgan fingerprint density at radius 2 is 1.60 bits per heavy atom. The van der Waals surface area contributed by atoms with Crippen LogP contribution in [-0.4, -0.2) is 22.1 Å². The van der Waals surface area contributed by atoms with E-state index in [9.17, 15) is 14.4 Å². The van der Waals surface area contributed by atoms with E-state index in [0.717, 1.165) is 4.57 Å². The number of aromatic amines is 1. The molecule has 3 aromatic rings. The number of ether oxygens (including phenoxy) is 1. The maximum Gasteiger partial charge on any atom is 0.345 e. The van der Waals surface area contributed by atoms with Crippen molar-refractivity contribution >= 4 is 5.97 Å². The van der Waals surface area contributed by atoms with Gasteiger partial charge in [-0.15, -0.1) is 0 Å². The number of para-hydroxylation sites is 1. The number of nitrogens with zero attached hydrogens (tertiary/aromatic N) is 1. The number of nitrogens with one attached hydrogen (secondary N) is 1. The summed E-state index contributed by atoms with van der Waals surface area (Å²) < 4.78 is 5.96. The minimum absolute atomic E-state index is 0.122. The maximum atomic E-state index is 12.9. The second kappa shape index (κ2) is 7.00. The van der Waals surface area contributed by atoms with Gasteiger partial charge >= 0.3 is 11.7 Å². The molecular weight excluding hydrogens is 320 g/mol. The molecular formula is C19H16N2O4. The zero-order valence-electron chi connectivity index (χ0n) is 13.6. The molecule has 1 aromatic heterocycles. The van der Waals surface area contributed by atoms with Crippen molar-refractivity contribution in [2.24, 2.45) is 0 Å². The number of H-pyrrole nitrogens is 1. The van der Waals surface area contributed by atoms with Gasteiger partial charge in [0.2, 0.25) is 0 Å². The summed E-state index contributed by atoms with van der Waals surface area (Å²) in [5.74, 6) is -0.771. The monoisotopic (exact) mass is 336 g/mol. The standard InChI is InChI=1S/C19H16N2O4/c1-2-25-18(23)15-16(13-9-5-3-6-10-13)20-19(24)21(17(15)22)14-11-7-4-8-12-14/h3-12H,2H2,1H3,(H,20,24). The van der Waals surface area contributed by atoms with Crippen molar-refractivity contribution in [1.29, 1.82) is 0 Å². The van der Waals surface area contributed by atoms with Gasteiger partial charge < -0.3 is 9.72 Å². The van der Waals surface area contributed by atoms with Crippen molar-refractivity contribution in [3.63, 3.8) is 0 Å². The minimum Gasteiger partial charge on any atom is -0.462 e. The summed E-state index contributed by atoms with van der Waals surface area (Å²) in [4.78, 5) is 40.5. The summed E-state index contributed by atoms with van der Waals surface area (Å²) in [5, 5.41) is 0. The van der Waals surface area contributed by atoms with Crippen LogP contribution in [-0.2, 0) is 4.74 Å². The molecule has 6 heteroatoms. The van der Waals surface area contributed by atoms with Gasteiger partial charge in [-0.3, -0.25) is 4.79 Å². The smallest absolute Gasteiger partial charge is 0.345 e. The largest absolute Gasteiger partial charge is 0.462 e. The van der Waals surface area contributed by atoms with Gasteiger partial charge in [0.15, 0.2) is 0 Å². The third kappa shape index (κ3) is 3.14. The molecule has 0 fully saturated rings. The molecule has 3 rings (SSSR count). The number of rotatable bonds is 4.